The normalized spacial score (nSPS) is 15.2. The average Bonchev–Trinajstić information content (AvgIpc) is 2.55. The molecule has 86 valence electrons. The molecule has 1 unspecified atom stereocenters. The lowest BCUT2D eigenvalue weighted by atomic mass is 10.0. The van der Waals surface area contributed by atoms with Crippen LogP contribution in [0.4, 0.5) is 0 Å². The first-order chi connectivity index (χ1) is 6.80. The van der Waals surface area contributed by atoms with Gasteiger partial charge in [0.1, 0.15) is 5.76 Å². The highest BCUT2D eigenvalue weighted by molar-refractivity contribution is 7.92. The standard InChI is InChI=1S/C10H17NO3S/c1-10(2,15(4,12)13)9(11-3)8-6-5-7-14-8/h5-7,9,11H,1-4H3. The van der Waals surface area contributed by atoms with Gasteiger partial charge in [0, 0.05) is 6.26 Å². The highest BCUT2D eigenvalue weighted by Gasteiger charge is 2.40. The van der Waals surface area contributed by atoms with Gasteiger partial charge in [0.05, 0.1) is 17.1 Å². The summed E-state index contributed by atoms with van der Waals surface area (Å²) in [7, 11) is -1.44. The highest BCUT2D eigenvalue weighted by atomic mass is 32.2. The van der Waals surface area contributed by atoms with Crippen LogP contribution in [0.1, 0.15) is 25.6 Å². The molecule has 0 spiro atoms. The Balaban J connectivity index is 3.14. The van der Waals surface area contributed by atoms with Crippen molar-refractivity contribution in [2.45, 2.75) is 24.6 Å². The third-order valence-electron chi connectivity index (χ3n) is 2.77. The molecule has 0 radical (unpaired) electrons. The Morgan fingerprint density at radius 3 is 2.40 bits per heavy atom. The summed E-state index contributed by atoms with van der Waals surface area (Å²) in [5, 5.41) is 2.98. The SMILES string of the molecule is CNC(c1ccco1)C(C)(C)S(C)(=O)=O. The van der Waals surface area contributed by atoms with Crippen LogP contribution < -0.4 is 5.32 Å². The van der Waals surface area contributed by atoms with E-state index >= 15 is 0 Å². The van der Waals surface area contributed by atoms with Crippen LogP contribution in [0.5, 0.6) is 0 Å². The first kappa shape index (κ1) is 12.3. The molecule has 0 saturated carbocycles. The second kappa shape index (κ2) is 3.98. The van der Waals surface area contributed by atoms with Crippen LogP contribution in [0, 0.1) is 0 Å². The molecule has 4 nitrogen and oxygen atoms in total. The van der Waals surface area contributed by atoms with Crippen molar-refractivity contribution in [3.63, 3.8) is 0 Å². The molecule has 0 aliphatic carbocycles. The van der Waals surface area contributed by atoms with Crippen LogP contribution in [0.3, 0.4) is 0 Å². The van der Waals surface area contributed by atoms with Gasteiger partial charge >= 0.3 is 0 Å². The Morgan fingerprint density at radius 1 is 1.47 bits per heavy atom. The van der Waals surface area contributed by atoms with Gasteiger partial charge in [0.15, 0.2) is 9.84 Å². The van der Waals surface area contributed by atoms with Crippen LogP contribution in [0.2, 0.25) is 0 Å². The molecule has 1 heterocycles. The van der Waals surface area contributed by atoms with E-state index in [9.17, 15) is 8.42 Å². The summed E-state index contributed by atoms with van der Waals surface area (Å²) in [6, 6.07) is 3.18. The van der Waals surface area contributed by atoms with Crippen molar-refractivity contribution >= 4 is 9.84 Å². The van der Waals surface area contributed by atoms with Crippen molar-refractivity contribution in [1.82, 2.24) is 5.32 Å². The lowest BCUT2D eigenvalue weighted by Crippen LogP contribution is -2.43. The van der Waals surface area contributed by atoms with Crippen LogP contribution in [-0.4, -0.2) is 26.5 Å². The first-order valence-corrected chi connectivity index (χ1v) is 6.60. The first-order valence-electron chi connectivity index (χ1n) is 4.71. The Kier molecular flexibility index (Phi) is 3.25. The molecular weight excluding hydrogens is 214 g/mol. The number of furan rings is 1. The summed E-state index contributed by atoms with van der Waals surface area (Å²) in [5.74, 6) is 0.632. The zero-order chi connectivity index (χ0) is 11.7. The predicted molar refractivity (Wildman–Crippen MR) is 59.4 cm³/mol. The molecule has 0 aromatic carbocycles. The molecule has 15 heavy (non-hydrogen) atoms. The monoisotopic (exact) mass is 231 g/mol. The largest absolute Gasteiger partial charge is 0.468 e. The van der Waals surface area contributed by atoms with E-state index in [1.54, 1.807) is 33.0 Å². The summed E-state index contributed by atoms with van der Waals surface area (Å²) in [6.07, 6.45) is 2.78. The van der Waals surface area contributed by atoms with Crippen molar-refractivity contribution in [2.24, 2.45) is 0 Å². The minimum atomic E-state index is -3.16. The molecule has 1 rings (SSSR count). The third kappa shape index (κ3) is 2.23. The average molecular weight is 231 g/mol. The Hall–Kier alpha value is -0.810. The molecule has 5 heteroatoms. The van der Waals surface area contributed by atoms with E-state index in [1.807, 2.05) is 0 Å². The van der Waals surface area contributed by atoms with E-state index in [4.69, 9.17) is 4.42 Å². The summed E-state index contributed by atoms with van der Waals surface area (Å²) in [6.45, 7) is 3.37. The Morgan fingerprint density at radius 2 is 2.07 bits per heavy atom. The molecule has 1 atom stereocenters. The Bertz CT molecular complexity index is 406. The van der Waals surface area contributed by atoms with E-state index in [2.05, 4.69) is 5.32 Å². The van der Waals surface area contributed by atoms with Gasteiger partial charge in [-0.2, -0.15) is 0 Å². The summed E-state index contributed by atoms with van der Waals surface area (Å²) in [4.78, 5) is 0. The second-order valence-electron chi connectivity index (χ2n) is 4.11. The topological polar surface area (TPSA) is 59.3 Å². The number of hydrogen-bond acceptors (Lipinski definition) is 4. The lowest BCUT2D eigenvalue weighted by molar-refractivity contribution is 0.369. The molecule has 0 fully saturated rings. The summed E-state index contributed by atoms with van der Waals surface area (Å²) < 4.78 is 27.7. The number of sulfone groups is 1. The summed E-state index contributed by atoms with van der Waals surface area (Å²) in [5.41, 5.74) is 0. The van der Waals surface area contributed by atoms with E-state index in [1.165, 1.54) is 12.5 Å². The summed E-state index contributed by atoms with van der Waals surface area (Å²) >= 11 is 0. The van der Waals surface area contributed by atoms with Gasteiger partial charge in [-0.05, 0) is 33.0 Å². The minimum Gasteiger partial charge on any atom is -0.468 e. The minimum absolute atomic E-state index is 0.345. The van der Waals surface area contributed by atoms with E-state index in [-0.39, 0.29) is 6.04 Å². The van der Waals surface area contributed by atoms with Crippen molar-refractivity contribution < 1.29 is 12.8 Å². The van der Waals surface area contributed by atoms with Gasteiger partial charge < -0.3 is 9.73 Å². The highest BCUT2D eigenvalue weighted by Crippen LogP contribution is 2.31. The maximum Gasteiger partial charge on any atom is 0.154 e. The molecular formula is C10H17NO3S. The van der Waals surface area contributed by atoms with Gasteiger partial charge in [0.25, 0.3) is 0 Å². The maximum atomic E-state index is 11.7. The molecule has 1 N–H and O–H groups in total. The van der Waals surface area contributed by atoms with Gasteiger partial charge in [-0.3, -0.25) is 0 Å². The van der Waals surface area contributed by atoms with Crippen molar-refractivity contribution in [3.8, 4) is 0 Å². The van der Waals surface area contributed by atoms with Crippen LogP contribution in [0.15, 0.2) is 22.8 Å². The van der Waals surface area contributed by atoms with Gasteiger partial charge in [0.2, 0.25) is 0 Å². The fraction of sp³-hybridized carbons (Fsp3) is 0.600. The number of rotatable bonds is 4. The molecule has 0 saturated heterocycles. The van der Waals surface area contributed by atoms with Crippen LogP contribution >= 0.6 is 0 Å². The fourth-order valence-electron chi connectivity index (χ4n) is 1.50. The van der Waals surface area contributed by atoms with Gasteiger partial charge in [-0.1, -0.05) is 0 Å². The molecule has 0 aliphatic heterocycles. The quantitative estimate of drug-likeness (QED) is 0.850. The maximum absolute atomic E-state index is 11.7. The van der Waals surface area contributed by atoms with Crippen molar-refractivity contribution in [3.05, 3.63) is 24.2 Å². The molecule has 0 bridgehead atoms. The lowest BCUT2D eigenvalue weighted by Gasteiger charge is -2.30. The van der Waals surface area contributed by atoms with Gasteiger partial charge in [-0.15, -0.1) is 0 Å². The molecule has 0 aliphatic rings. The van der Waals surface area contributed by atoms with Crippen LogP contribution in [-0.2, 0) is 9.84 Å². The zero-order valence-corrected chi connectivity index (χ0v) is 10.3. The molecule has 1 aromatic heterocycles. The molecule has 0 amide bonds. The number of hydrogen-bond donors (Lipinski definition) is 1. The molecule has 1 aromatic rings. The Labute approximate surface area is 90.6 Å². The zero-order valence-electron chi connectivity index (χ0n) is 9.44. The third-order valence-corrected chi connectivity index (χ3v) is 4.91. The van der Waals surface area contributed by atoms with E-state index in [0.29, 0.717) is 5.76 Å². The fourth-order valence-corrected chi connectivity index (χ4v) is 2.16. The van der Waals surface area contributed by atoms with Gasteiger partial charge in [-0.25, -0.2) is 8.42 Å². The van der Waals surface area contributed by atoms with Crippen molar-refractivity contribution in [1.29, 1.82) is 0 Å². The smallest absolute Gasteiger partial charge is 0.154 e. The number of nitrogens with one attached hydrogen (secondary N) is 1. The van der Waals surface area contributed by atoms with Crippen LogP contribution in [0.25, 0.3) is 0 Å². The second-order valence-corrected chi connectivity index (χ2v) is 6.71. The van der Waals surface area contributed by atoms with E-state index < -0.39 is 14.6 Å². The predicted octanol–water partition coefficient (Wildman–Crippen LogP) is 1.36. The van der Waals surface area contributed by atoms with Crippen molar-refractivity contribution in [2.75, 3.05) is 13.3 Å². The van der Waals surface area contributed by atoms with E-state index in [0.717, 1.165) is 0 Å².